The third kappa shape index (κ3) is 3.80. The molecular formula is C22H21N5O3. The first-order chi connectivity index (χ1) is 14.6. The van der Waals surface area contributed by atoms with Crippen molar-refractivity contribution < 1.29 is 9.53 Å². The molecule has 4 rings (SSSR count). The Kier molecular flexibility index (Phi) is 5.30. The summed E-state index contributed by atoms with van der Waals surface area (Å²) in [7, 11) is 1.57. The number of carbonyl (C=O) groups is 1. The van der Waals surface area contributed by atoms with Crippen molar-refractivity contribution in [3.63, 3.8) is 0 Å². The van der Waals surface area contributed by atoms with Crippen molar-refractivity contribution in [3.8, 4) is 11.4 Å². The number of fused-ring (bicyclic) bond motifs is 1. The zero-order chi connectivity index (χ0) is 21.1. The molecule has 2 aromatic heterocycles. The summed E-state index contributed by atoms with van der Waals surface area (Å²) >= 11 is 0. The number of nitrogens with one attached hydrogen (secondary N) is 1. The van der Waals surface area contributed by atoms with Crippen LogP contribution in [0.25, 0.3) is 16.7 Å². The molecule has 0 spiro atoms. The minimum absolute atomic E-state index is 0.137. The third-order valence-electron chi connectivity index (χ3n) is 4.79. The molecule has 152 valence electrons. The summed E-state index contributed by atoms with van der Waals surface area (Å²) < 4.78 is 8.31. The van der Waals surface area contributed by atoms with E-state index in [1.165, 1.54) is 10.8 Å². The predicted molar refractivity (Wildman–Crippen MR) is 114 cm³/mol. The van der Waals surface area contributed by atoms with E-state index in [9.17, 15) is 9.59 Å². The van der Waals surface area contributed by atoms with Crippen LogP contribution in [0.5, 0.6) is 5.75 Å². The number of para-hydroxylation sites is 1. The van der Waals surface area contributed by atoms with Crippen molar-refractivity contribution in [2.75, 3.05) is 12.4 Å². The molecule has 0 bridgehead atoms. The van der Waals surface area contributed by atoms with E-state index in [-0.39, 0.29) is 24.4 Å². The van der Waals surface area contributed by atoms with Crippen molar-refractivity contribution in [2.24, 2.45) is 0 Å². The van der Waals surface area contributed by atoms with Gasteiger partial charge in [-0.1, -0.05) is 24.3 Å². The number of nitrogens with zero attached hydrogens (tertiary/aromatic N) is 4. The number of rotatable bonds is 6. The standard InChI is InChI=1S/C22H21N5O3/c1-15-24-21-19(14-23-27(21)17-8-4-3-5-9-17)22(29)26(15)12-11-20(28)25-16-7-6-10-18(13-16)30-2/h3-10,13-14H,11-12H2,1-2H3,(H,25,28). The molecule has 1 amide bonds. The van der Waals surface area contributed by atoms with E-state index in [0.29, 0.717) is 28.3 Å². The van der Waals surface area contributed by atoms with Gasteiger partial charge in [0.05, 0.1) is 19.0 Å². The Labute approximate surface area is 172 Å². The minimum atomic E-state index is -0.214. The molecular weight excluding hydrogens is 382 g/mol. The van der Waals surface area contributed by atoms with Gasteiger partial charge >= 0.3 is 0 Å². The van der Waals surface area contributed by atoms with Gasteiger partial charge in [0.25, 0.3) is 5.56 Å². The number of hydrogen-bond donors (Lipinski definition) is 1. The summed E-state index contributed by atoms with van der Waals surface area (Å²) in [6, 6.07) is 16.6. The van der Waals surface area contributed by atoms with Crippen LogP contribution in [0.3, 0.4) is 0 Å². The maximum Gasteiger partial charge on any atom is 0.264 e. The number of hydrogen-bond acceptors (Lipinski definition) is 5. The topological polar surface area (TPSA) is 91.0 Å². The molecule has 0 aliphatic rings. The largest absolute Gasteiger partial charge is 0.497 e. The van der Waals surface area contributed by atoms with Gasteiger partial charge in [-0.3, -0.25) is 14.2 Å². The Morgan fingerprint density at radius 1 is 1.13 bits per heavy atom. The summed E-state index contributed by atoms with van der Waals surface area (Å²) in [5, 5.41) is 7.56. The molecule has 2 heterocycles. The molecule has 30 heavy (non-hydrogen) atoms. The molecule has 0 radical (unpaired) electrons. The number of aromatic nitrogens is 4. The van der Waals surface area contributed by atoms with Gasteiger partial charge in [-0.2, -0.15) is 5.10 Å². The van der Waals surface area contributed by atoms with Gasteiger partial charge in [0.15, 0.2) is 5.65 Å². The van der Waals surface area contributed by atoms with Crippen molar-refractivity contribution in [1.82, 2.24) is 19.3 Å². The second kappa shape index (κ2) is 8.20. The van der Waals surface area contributed by atoms with E-state index >= 15 is 0 Å². The first-order valence-electron chi connectivity index (χ1n) is 9.51. The summed E-state index contributed by atoms with van der Waals surface area (Å²) in [5.74, 6) is 0.985. The molecule has 0 atom stereocenters. The zero-order valence-corrected chi connectivity index (χ0v) is 16.7. The van der Waals surface area contributed by atoms with Crippen LogP contribution < -0.4 is 15.6 Å². The predicted octanol–water partition coefficient (Wildman–Crippen LogP) is 2.93. The van der Waals surface area contributed by atoms with E-state index in [2.05, 4.69) is 15.4 Å². The van der Waals surface area contributed by atoms with E-state index in [1.54, 1.807) is 43.0 Å². The van der Waals surface area contributed by atoms with Crippen LogP contribution in [-0.2, 0) is 11.3 Å². The van der Waals surface area contributed by atoms with E-state index in [0.717, 1.165) is 5.69 Å². The number of aryl methyl sites for hydroxylation is 1. The van der Waals surface area contributed by atoms with Crippen LogP contribution in [0.15, 0.2) is 65.6 Å². The molecule has 4 aromatic rings. The van der Waals surface area contributed by atoms with Gasteiger partial charge in [0.2, 0.25) is 5.91 Å². The maximum absolute atomic E-state index is 13.0. The number of carbonyl (C=O) groups excluding carboxylic acids is 1. The Morgan fingerprint density at radius 2 is 1.93 bits per heavy atom. The molecule has 0 saturated carbocycles. The number of anilines is 1. The molecule has 8 nitrogen and oxygen atoms in total. The summed E-state index contributed by atoms with van der Waals surface area (Å²) in [4.78, 5) is 29.9. The average molecular weight is 403 g/mol. The minimum Gasteiger partial charge on any atom is -0.497 e. The van der Waals surface area contributed by atoms with Crippen LogP contribution in [0.1, 0.15) is 12.2 Å². The first kappa shape index (κ1) is 19.4. The fourth-order valence-corrected chi connectivity index (χ4v) is 3.27. The molecule has 0 unspecified atom stereocenters. The van der Waals surface area contributed by atoms with Crippen molar-refractivity contribution in [3.05, 3.63) is 77.0 Å². The van der Waals surface area contributed by atoms with Crippen LogP contribution in [-0.4, -0.2) is 32.3 Å². The lowest BCUT2D eigenvalue weighted by molar-refractivity contribution is -0.116. The maximum atomic E-state index is 13.0. The second-order valence-electron chi connectivity index (χ2n) is 6.78. The monoisotopic (exact) mass is 403 g/mol. The number of ether oxygens (including phenoxy) is 1. The highest BCUT2D eigenvalue weighted by atomic mass is 16.5. The highest BCUT2D eigenvalue weighted by Gasteiger charge is 2.15. The number of benzene rings is 2. The van der Waals surface area contributed by atoms with E-state index in [1.807, 2.05) is 30.3 Å². The van der Waals surface area contributed by atoms with E-state index < -0.39 is 0 Å². The average Bonchev–Trinajstić information content (AvgIpc) is 3.18. The van der Waals surface area contributed by atoms with Crippen molar-refractivity contribution >= 4 is 22.6 Å². The second-order valence-corrected chi connectivity index (χ2v) is 6.78. The fourth-order valence-electron chi connectivity index (χ4n) is 3.27. The molecule has 0 fully saturated rings. The Bertz CT molecular complexity index is 1260. The van der Waals surface area contributed by atoms with Gasteiger partial charge in [-0.05, 0) is 31.2 Å². The number of methoxy groups -OCH3 is 1. The first-order valence-corrected chi connectivity index (χ1v) is 9.51. The van der Waals surface area contributed by atoms with Gasteiger partial charge in [0, 0.05) is 24.7 Å². The highest BCUT2D eigenvalue weighted by Crippen LogP contribution is 2.17. The lowest BCUT2D eigenvalue weighted by Gasteiger charge is -2.11. The van der Waals surface area contributed by atoms with Crippen LogP contribution in [0, 0.1) is 6.92 Å². The molecule has 0 aliphatic carbocycles. The molecule has 2 aromatic carbocycles. The Balaban J connectivity index is 1.55. The summed E-state index contributed by atoms with van der Waals surface area (Å²) in [6.07, 6.45) is 1.65. The smallest absolute Gasteiger partial charge is 0.264 e. The lowest BCUT2D eigenvalue weighted by atomic mass is 10.3. The van der Waals surface area contributed by atoms with Gasteiger partial charge in [-0.25, -0.2) is 9.67 Å². The Hall–Kier alpha value is -3.94. The van der Waals surface area contributed by atoms with E-state index in [4.69, 9.17) is 4.74 Å². The zero-order valence-electron chi connectivity index (χ0n) is 16.7. The van der Waals surface area contributed by atoms with Crippen LogP contribution >= 0.6 is 0 Å². The summed E-state index contributed by atoms with van der Waals surface area (Å²) in [6.45, 7) is 1.98. The quantitative estimate of drug-likeness (QED) is 0.535. The molecule has 1 N–H and O–H groups in total. The summed E-state index contributed by atoms with van der Waals surface area (Å²) in [5.41, 5.74) is 1.75. The molecule has 0 aliphatic heterocycles. The van der Waals surface area contributed by atoms with Crippen molar-refractivity contribution in [2.45, 2.75) is 19.9 Å². The van der Waals surface area contributed by atoms with Gasteiger partial charge < -0.3 is 10.1 Å². The lowest BCUT2D eigenvalue weighted by Crippen LogP contribution is -2.26. The van der Waals surface area contributed by atoms with Crippen LogP contribution in [0.4, 0.5) is 5.69 Å². The van der Waals surface area contributed by atoms with Gasteiger partial charge in [-0.15, -0.1) is 0 Å². The normalized spacial score (nSPS) is 10.9. The third-order valence-corrected chi connectivity index (χ3v) is 4.79. The Morgan fingerprint density at radius 3 is 2.70 bits per heavy atom. The van der Waals surface area contributed by atoms with Crippen LogP contribution in [0.2, 0.25) is 0 Å². The van der Waals surface area contributed by atoms with Crippen molar-refractivity contribution in [1.29, 1.82) is 0 Å². The highest BCUT2D eigenvalue weighted by molar-refractivity contribution is 5.90. The fraction of sp³-hybridized carbons (Fsp3) is 0.182. The van der Waals surface area contributed by atoms with Gasteiger partial charge in [0.1, 0.15) is 17.0 Å². The SMILES string of the molecule is COc1cccc(NC(=O)CCn2c(C)nc3c(cnn3-c3ccccc3)c2=O)c1. The molecule has 0 saturated heterocycles. The molecule has 8 heteroatoms. The number of amides is 1.